The predicted octanol–water partition coefficient (Wildman–Crippen LogP) is 5.61. The molecule has 0 atom stereocenters. The van der Waals surface area contributed by atoms with E-state index in [-0.39, 0.29) is 0 Å². The van der Waals surface area contributed by atoms with Crippen LogP contribution in [0.5, 0.6) is 0 Å². The van der Waals surface area contributed by atoms with E-state index in [4.69, 9.17) is 4.98 Å². The first-order chi connectivity index (χ1) is 13.2. The number of anilines is 1. The topological polar surface area (TPSA) is 33.1 Å². The molecular formula is C23H36N4. The number of nitrogens with one attached hydrogen (secondary N) is 1. The lowest BCUT2D eigenvalue weighted by Crippen LogP contribution is -2.50. The molecule has 1 aromatic heterocycles. The smallest absolute Gasteiger partial charge is 0.203 e. The summed E-state index contributed by atoms with van der Waals surface area (Å²) in [6.07, 6.45) is 13.8. The zero-order chi connectivity index (χ0) is 18.7. The Labute approximate surface area is 164 Å². The minimum atomic E-state index is 0.415. The molecule has 4 nitrogen and oxygen atoms in total. The summed E-state index contributed by atoms with van der Waals surface area (Å²) >= 11 is 0. The van der Waals surface area contributed by atoms with Gasteiger partial charge in [-0.05, 0) is 44.7 Å². The monoisotopic (exact) mass is 368 g/mol. The quantitative estimate of drug-likeness (QED) is 0.764. The Morgan fingerprint density at radius 3 is 2.26 bits per heavy atom. The first-order valence-electron chi connectivity index (χ1n) is 11.1. The van der Waals surface area contributed by atoms with Crippen LogP contribution in [-0.2, 0) is 0 Å². The second-order valence-electron chi connectivity index (χ2n) is 8.88. The van der Waals surface area contributed by atoms with Gasteiger partial charge in [0.15, 0.2) is 0 Å². The van der Waals surface area contributed by atoms with Gasteiger partial charge in [-0.1, -0.05) is 50.7 Å². The fourth-order valence-corrected chi connectivity index (χ4v) is 5.41. The van der Waals surface area contributed by atoms with Gasteiger partial charge in [-0.15, -0.1) is 0 Å². The molecule has 2 aromatic rings. The highest BCUT2D eigenvalue weighted by atomic mass is 15.3. The molecule has 4 heteroatoms. The molecule has 4 rings (SSSR count). The van der Waals surface area contributed by atoms with Gasteiger partial charge in [0, 0.05) is 31.7 Å². The van der Waals surface area contributed by atoms with Crippen LogP contribution in [-0.4, -0.2) is 40.1 Å². The van der Waals surface area contributed by atoms with Crippen LogP contribution < -0.4 is 5.32 Å². The zero-order valence-corrected chi connectivity index (χ0v) is 17.2. The molecule has 1 saturated carbocycles. The molecule has 0 radical (unpaired) electrons. The highest BCUT2D eigenvalue weighted by Gasteiger charge is 2.35. The molecule has 1 aromatic carbocycles. The molecule has 2 fully saturated rings. The van der Waals surface area contributed by atoms with Gasteiger partial charge in [0.25, 0.3) is 0 Å². The third kappa shape index (κ3) is 3.87. The van der Waals surface area contributed by atoms with Crippen molar-refractivity contribution in [3.05, 3.63) is 24.3 Å². The number of piperidine rings is 1. The van der Waals surface area contributed by atoms with E-state index in [1.807, 2.05) is 7.05 Å². The summed E-state index contributed by atoms with van der Waals surface area (Å²) in [5.74, 6) is 1.02. The Morgan fingerprint density at radius 1 is 0.963 bits per heavy atom. The van der Waals surface area contributed by atoms with Crippen LogP contribution in [0.25, 0.3) is 11.0 Å². The van der Waals surface area contributed by atoms with Gasteiger partial charge >= 0.3 is 0 Å². The number of nitrogens with zero attached hydrogens (tertiary/aromatic N) is 3. The minimum absolute atomic E-state index is 0.415. The summed E-state index contributed by atoms with van der Waals surface area (Å²) in [7, 11) is 1.99. The maximum absolute atomic E-state index is 4.80. The van der Waals surface area contributed by atoms with E-state index >= 15 is 0 Å². The Balaban J connectivity index is 1.49. The van der Waals surface area contributed by atoms with Crippen LogP contribution in [0.15, 0.2) is 24.3 Å². The average Bonchev–Trinajstić information content (AvgIpc) is 3.12. The lowest BCUT2D eigenvalue weighted by atomic mass is 9.85. The SMILES string of the molecule is CNc1nc2ccccc2n1C1CCN(C2(C)CCCCCCCC2)CC1. The molecule has 0 bridgehead atoms. The molecule has 0 unspecified atom stereocenters. The molecule has 0 amide bonds. The molecular weight excluding hydrogens is 332 g/mol. The molecule has 2 aliphatic rings. The van der Waals surface area contributed by atoms with E-state index in [1.54, 1.807) is 0 Å². The highest BCUT2D eigenvalue weighted by molar-refractivity contribution is 5.78. The van der Waals surface area contributed by atoms with E-state index < -0.39 is 0 Å². The maximum Gasteiger partial charge on any atom is 0.203 e. The summed E-state index contributed by atoms with van der Waals surface area (Å²) in [5, 5.41) is 3.32. The normalized spacial score (nSPS) is 22.9. The maximum atomic E-state index is 4.80. The van der Waals surface area contributed by atoms with Gasteiger partial charge in [-0.25, -0.2) is 4.98 Å². The zero-order valence-electron chi connectivity index (χ0n) is 17.2. The fourth-order valence-electron chi connectivity index (χ4n) is 5.41. The van der Waals surface area contributed by atoms with Crippen LogP contribution >= 0.6 is 0 Å². The van der Waals surface area contributed by atoms with Crippen molar-refractivity contribution in [3.8, 4) is 0 Å². The molecule has 1 saturated heterocycles. The van der Waals surface area contributed by atoms with Crippen LogP contribution in [0.1, 0.15) is 77.2 Å². The van der Waals surface area contributed by atoms with Crippen LogP contribution in [0.4, 0.5) is 5.95 Å². The van der Waals surface area contributed by atoms with Gasteiger partial charge < -0.3 is 9.88 Å². The highest BCUT2D eigenvalue weighted by Crippen LogP contribution is 2.37. The number of aromatic nitrogens is 2. The molecule has 2 heterocycles. The van der Waals surface area contributed by atoms with E-state index in [0.29, 0.717) is 11.6 Å². The van der Waals surface area contributed by atoms with E-state index in [9.17, 15) is 0 Å². The summed E-state index contributed by atoms with van der Waals surface area (Å²) < 4.78 is 2.46. The van der Waals surface area contributed by atoms with Gasteiger partial charge in [-0.3, -0.25) is 4.90 Å². The van der Waals surface area contributed by atoms with Gasteiger partial charge in [0.05, 0.1) is 11.0 Å². The first-order valence-corrected chi connectivity index (χ1v) is 11.1. The Hall–Kier alpha value is -1.55. The second-order valence-corrected chi connectivity index (χ2v) is 8.88. The van der Waals surface area contributed by atoms with Crippen molar-refractivity contribution in [2.24, 2.45) is 0 Å². The Morgan fingerprint density at radius 2 is 1.59 bits per heavy atom. The molecule has 1 aliphatic carbocycles. The van der Waals surface area contributed by atoms with Gasteiger partial charge in [-0.2, -0.15) is 0 Å². The number of likely N-dealkylation sites (tertiary alicyclic amines) is 1. The number of rotatable bonds is 3. The Kier molecular flexibility index (Phi) is 5.72. The van der Waals surface area contributed by atoms with E-state index in [0.717, 1.165) is 11.5 Å². The van der Waals surface area contributed by atoms with E-state index in [1.165, 1.54) is 82.8 Å². The van der Waals surface area contributed by atoms with Crippen molar-refractivity contribution in [3.63, 3.8) is 0 Å². The van der Waals surface area contributed by atoms with Gasteiger partial charge in [0.1, 0.15) is 0 Å². The largest absolute Gasteiger partial charge is 0.359 e. The third-order valence-electron chi connectivity index (χ3n) is 7.09. The van der Waals surface area contributed by atoms with Crippen molar-refractivity contribution < 1.29 is 0 Å². The average molecular weight is 369 g/mol. The van der Waals surface area contributed by atoms with E-state index in [2.05, 4.69) is 46.0 Å². The molecule has 1 N–H and O–H groups in total. The third-order valence-corrected chi connectivity index (χ3v) is 7.09. The van der Waals surface area contributed by atoms with Crippen LogP contribution in [0.2, 0.25) is 0 Å². The van der Waals surface area contributed by atoms with Crippen molar-refractivity contribution in [1.82, 2.24) is 14.5 Å². The minimum Gasteiger partial charge on any atom is -0.359 e. The van der Waals surface area contributed by atoms with Crippen LogP contribution in [0, 0.1) is 0 Å². The number of hydrogen-bond donors (Lipinski definition) is 1. The summed E-state index contributed by atoms with van der Waals surface area (Å²) in [4.78, 5) is 7.63. The predicted molar refractivity (Wildman–Crippen MR) is 114 cm³/mol. The first kappa shape index (κ1) is 18.8. The lowest BCUT2D eigenvalue weighted by molar-refractivity contribution is 0.0487. The number of hydrogen-bond acceptors (Lipinski definition) is 3. The van der Waals surface area contributed by atoms with Crippen molar-refractivity contribution in [2.45, 2.75) is 82.7 Å². The Bertz CT molecular complexity index is 732. The molecule has 27 heavy (non-hydrogen) atoms. The number of fused-ring (bicyclic) bond motifs is 1. The molecule has 148 valence electrons. The van der Waals surface area contributed by atoms with Gasteiger partial charge in [0.2, 0.25) is 5.95 Å². The van der Waals surface area contributed by atoms with Crippen molar-refractivity contribution in [2.75, 3.05) is 25.5 Å². The lowest BCUT2D eigenvalue weighted by Gasteiger charge is -2.46. The summed E-state index contributed by atoms with van der Waals surface area (Å²) in [5.41, 5.74) is 2.79. The summed E-state index contributed by atoms with van der Waals surface area (Å²) in [6, 6.07) is 9.11. The fraction of sp³-hybridized carbons (Fsp3) is 0.696. The standard InChI is InChI=1S/C23H36N4/c1-23(15-9-5-3-4-6-10-16-23)26-17-13-19(14-18-26)27-21-12-8-7-11-20(21)25-22(27)24-2/h7-8,11-12,19H,3-6,9-10,13-18H2,1-2H3,(H,24,25). The number of para-hydroxylation sites is 2. The number of imidazole rings is 1. The molecule has 1 aliphatic heterocycles. The van der Waals surface area contributed by atoms with Crippen molar-refractivity contribution >= 4 is 17.0 Å². The second kappa shape index (κ2) is 8.22. The number of benzene rings is 1. The van der Waals surface area contributed by atoms with Crippen LogP contribution in [0.3, 0.4) is 0 Å². The van der Waals surface area contributed by atoms with Crippen molar-refractivity contribution in [1.29, 1.82) is 0 Å². The summed E-state index contributed by atoms with van der Waals surface area (Å²) in [6.45, 7) is 4.98. The molecule has 0 spiro atoms.